The molecule has 0 saturated carbocycles. The van der Waals surface area contributed by atoms with Gasteiger partial charge in [0, 0.05) is 37.9 Å². The molecular formula is C14H30N6. The lowest BCUT2D eigenvalue weighted by molar-refractivity contribution is 0.269. The Morgan fingerprint density at radius 1 is 1.15 bits per heavy atom. The summed E-state index contributed by atoms with van der Waals surface area (Å²) in [5.41, 5.74) is 1.10. The van der Waals surface area contributed by atoms with E-state index in [1.54, 1.807) is 0 Å². The summed E-state index contributed by atoms with van der Waals surface area (Å²) in [7, 11) is 6.34. The lowest BCUT2D eigenvalue weighted by Crippen LogP contribution is -2.35. The summed E-state index contributed by atoms with van der Waals surface area (Å²) in [5.74, 6) is 0. The smallest absolute Gasteiger partial charge is 0.0965 e. The van der Waals surface area contributed by atoms with Gasteiger partial charge in [-0.1, -0.05) is 5.21 Å². The van der Waals surface area contributed by atoms with Crippen molar-refractivity contribution in [3.05, 3.63) is 11.9 Å². The first-order valence-corrected chi connectivity index (χ1v) is 7.23. The summed E-state index contributed by atoms with van der Waals surface area (Å²) >= 11 is 0. The number of rotatable bonds is 8. The Labute approximate surface area is 123 Å². The summed E-state index contributed by atoms with van der Waals surface area (Å²) < 4.78 is 1.92. The van der Waals surface area contributed by atoms with Gasteiger partial charge >= 0.3 is 0 Å². The summed E-state index contributed by atoms with van der Waals surface area (Å²) in [6.45, 7) is 11.2. The molecule has 20 heavy (non-hydrogen) atoms. The number of aromatic nitrogens is 3. The third-order valence-electron chi connectivity index (χ3n) is 3.03. The first-order valence-electron chi connectivity index (χ1n) is 7.23. The van der Waals surface area contributed by atoms with E-state index in [-0.39, 0.29) is 5.54 Å². The molecule has 116 valence electrons. The zero-order valence-corrected chi connectivity index (χ0v) is 13.8. The monoisotopic (exact) mass is 282 g/mol. The van der Waals surface area contributed by atoms with Gasteiger partial charge in [0.25, 0.3) is 0 Å². The molecule has 0 radical (unpaired) electrons. The summed E-state index contributed by atoms with van der Waals surface area (Å²) in [6, 6.07) is 0. The van der Waals surface area contributed by atoms with Crippen molar-refractivity contribution in [1.29, 1.82) is 0 Å². The maximum Gasteiger partial charge on any atom is 0.0965 e. The predicted octanol–water partition coefficient (Wildman–Crippen LogP) is 0.660. The van der Waals surface area contributed by atoms with Crippen LogP contribution in [0.15, 0.2) is 6.20 Å². The molecule has 0 bridgehead atoms. The number of nitrogens with zero attached hydrogens (tertiary/aromatic N) is 5. The standard InChI is InChI=1S/C14H30N6/c1-14(2,3)15-11-13-12-20(17-16-13)10-9-19(6)8-7-18(4)5/h12,15H,7-11H2,1-6H3. The van der Waals surface area contributed by atoms with Gasteiger partial charge in [0.15, 0.2) is 0 Å². The van der Waals surface area contributed by atoms with Crippen LogP contribution in [0.3, 0.4) is 0 Å². The highest BCUT2D eigenvalue weighted by Crippen LogP contribution is 2.01. The van der Waals surface area contributed by atoms with Crippen molar-refractivity contribution in [2.24, 2.45) is 0 Å². The van der Waals surface area contributed by atoms with E-state index in [1.807, 2.05) is 10.9 Å². The Kier molecular flexibility index (Phi) is 6.58. The fourth-order valence-corrected chi connectivity index (χ4v) is 1.64. The molecule has 0 aliphatic heterocycles. The zero-order valence-electron chi connectivity index (χ0n) is 13.8. The molecular weight excluding hydrogens is 252 g/mol. The molecule has 0 amide bonds. The second-order valence-electron chi connectivity index (χ2n) is 6.68. The van der Waals surface area contributed by atoms with Crippen molar-refractivity contribution < 1.29 is 0 Å². The molecule has 0 saturated heterocycles. The first kappa shape index (κ1) is 17.1. The highest BCUT2D eigenvalue weighted by molar-refractivity contribution is 4.93. The molecule has 0 aromatic carbocycles. The van der Waals surface area contributed by atoms with Gasteiger partial charge in [-0.05, 0) is 41.9 Å². The van der Waals surface area contributed by atoms with Crippen molar-refractivity contribution in [2.75, 3.05) is 40.8 Å². The molecule has 1 heterocycles. The second kappa shape index (κ2) is 7.71. The molecule has 6 heteroatoms. The van der Waals surface area contributed by atoms with Crippen LogP contribution in [0.25, 0.3) is 0 Å². The van der Waals surface area contributed by atoms with E-state index < -0.39 is 0 Å². The topological polar surface area (TPSA) is 49.2 Å². The van der Waals surface area contributed by atoms with Crippen LogP contribution in [0.5, 0.6) is 0 Å². The fraction of sp³-hybridized carbons (Fsp3) is 0.857. The van der Waals surface area contributed by atoms with Crippen LogP contribution >= 0.6 is 0 Å². The van der Waals surface area contributed by atoms with Crippen molar-refractivity contribution >= 4 is 0 Å². The quantitative estimate of drug-likeness (QED) is 0.759. The van der Waals surface area contributed by atoms with Gasteiger partial charge in [-0.2, -0.15) is 0 Å². The molecule has 1 N–H and O–H groups in total. The van der Waals surface area contributed by atoms with Crippen LogP contribution in [0, 0.1) is 0 Å². The lowest BCUT2D eigenvalue weighted by Gasteiger charge is -2.19. The van der Waals surface area contributed by atoms with E-state index in [0.29, 0.717) is 0 Å². The molecule has 1 rings (SSSR count). The summed E-state index contributed by atoms with van der Waals surface area (Å²) in [4.78, 5) is 4.51. The molecule has 0 aliphatic rings. The molecule has 0 atom stereocenters. The molecule has 0 aliphatic carbocycles. The van der Waals surface area contributed by atoms with Gasteiger partial charge in [-0.25, -0.2) is 0 Å². The average molecular weight is 282 g/mol. The summed E-state index contributed by atoms with van der Waals surface area (Å²) in [6.07, 6.45) is 2.03. The third kappa shape index (κ3) is 7.57. The van der Waals surface area contributed by atoms with E-state index >= 15 is 0 Å². The minimum atomic E-state index is 0.107. The van der Waals surface area contributed by atoms with Crippen LogP contribution in [0.2, 0.25) is 0 Å². The van der Waals surface area contributed by atoms with E-state index in [1.165, 1.54) is 0 Å². The van der Waals surface area contributed by atoms with Crippen molar-refractivity contribution in [3.8, 4) is 0 Å². The van der Waals surface area contributed by atoms with Gasteiger partial charge in [0.1, 0.15) is 0 Å². The number of likely N-dealkylation sites (N-methyl/N-ethyl adjacent to an activating group) is 2. The lowest BCUT2D eigenvalue weighted by atomic mass is 10.1. The van der Waals surface area contributed by atoms with Crippen LogP contribution in [-0.4, -0.2) is 71.1 Å². The molecule has 0 spiro atoms. The van der Waals surface area contributed by atoms with Gasteiger partial charge in [0.2, 0.25) is 0 Å². The Morgan fingerprint density at radius 3 is 2.45 bits per heavy atom. The number of hydrogen-bond donors (Lipinski definition) is 1. The van der Waals surface area contributed by atoms with Gasteiger partial charge in [-0.3, -0.25) is 4.68 Å². The first-order chi connectivity index (χ1) is 9.26. The van der Waals surface area contributed by atoms with E-state index in [2.05, 4.69) is 67.3 Å². The minimum Gasteiger partial charge on any atom is -0.308 e. The van der Waals surface area contributed by atoms with Gasteiger partial charge in [0.05, 0.1) is 12.2 Å². The average Bonchev–Trinajstić information content (AvgIpc) is 2.78. The van der Waals surface area contributed by atoms with Crippen LogP contribution < -0.4 is 5.32 Å². The Bertz CT molecular complexity index is 379. The van der Waals surface area contributed by atoms with Crippen molar-refractivity contribution in [1.82, 2.24) is 30.1 Å². The van der Waals surface area contributed by atoms with E-state index in [9.17, 15) is 0 Å². The van der Waals surface area contributed by atoms with Gasteiger partial charge < -0.3 is 15.1 Å². The second-order valence-corrected chi connectivity index (χ2v) is 6.68. The molecule has 1 aromatic heterocycles. The molecule has 6 nitrogen and oxygen atoms in total. The maximum absolute atomic E-state index is 4.20. The van der Waals surface area contributed by atoms with Crippen molar-refractivity contribution in [2.45, 2.75) is 39.4 Å². The fourth-order valence-electron chi connectivity index (χ4n) is 1.64. The van der Waals surface area contributed by atoms with Crippen LogP contribution in [0.4, 0.5) is 0 Å². The highest BCUT2D eigenvalue weighted by Gasteiger charge is 2.10. The van der Waals surface area contributed by atoms with Crippen LogP contribution in [0.1, 0.15) is 26.5 Å². The number of nitrogens with one attached hydrogen (secondary N) is 1. The normalized spacial score (nSPS) is 12.6. The summed E-state index contributed by atoms with van der Waals surface area (Å²) in [5, 5.41) is 11.8. The third-order valence-corrected chi connectivity index (χ3v) is 3.03. The SMILES string of the molecule is CN(C)CCN(C)CCn1cc(CNC(C)(C)C)nn1. The Morgan fingerprint density at radius 2 is 1.85 bits per heavy atom. The predicted molar refractivity (Wildman–Crippen MR) is 82.7 cm³/mol. The van der Waals surface area contributed by atoms with Gasteiger partial charge in [-0.15, -0.1) is 5.10 Å². The zero-order chi connectivity index (χ0) is 15.2. The molecule has 0 fully saturated rings. The maximum atomic E-state index is 4.20. The largest absolute Gasteiger partial charge is 0.308 e. The molecule has 1 aromatic rings. The van der Waals surface area contributed by atoms with E-state index in [0.717, 1.165) is 38.4 Å². The number of hydrogen-bond acceptors (Lipinski definition) is 5. The Balaban J connectivity index is 2.29. The molecule has 0 unspecified atom stereocenters. The van der Waals surface area contributed by atoms with Crippen molar-refractivity contribution in [3.63, 3.8) is 0 Å². The van der Waals surface area contributed by atoms with E-state index in [4.69, 9.17) is 0 Å². The Hall–Kier alpha value is -0.980. The highest BCUT2D eigenvalue weighted by atomic mass is 15.4. The minimum absolute atomic E-state index is 0.107. The van der Waals surface area contributed by atoms with Crippen LogP contribution in [-0.2, 0) is 13.1 Å².